The van der Waals surface area contributed by atoms with E-state index in [9.17, 15) is 17.9 Å². The molecule has 0 unspecified atom stereocenters. The molecule has 0 fully saturated rings. The first kappa shape index (κ1) is 17.7. The molecule has 1 heterocycles. The zero-order chi connectivity index (χ0) is 18.2. The first-order valence-electron chi connectivity index (χ1n) is 6.98. The van der Waals surface area contributed by atoms with Crippen LogP contribution in [0.4, 0.5) is 4.39 Å². The van der Waals surface area contributed by atoms with Crippen molar-refractivity contribution < 1.29 is 17.9 Å². The Kier molecular flexibility index (Phi) is 4.73. The molecule has 2 aromatic carbocycles. The van der Waals surface area contributed by atoms with Gasteiger partial charge < -0.3 is 5.11 Å². The number of hydrogen-bond donors (Lipinski definition) is 1. The maximum absolute atomic E-state index is 14.3. The average Bonchev–Trinajstić information content (AvgIpc) is 3.06. The number of rotatable bonds is 4. The van der Waals surface area contributed by atoms with E-state index in [2.05, 4.69) is 5.10 Å². The van der Waals surface area contributed by atoms with Gasteiger partial charge in [-0.3, -0.25) is 0 Å². The lowest BCUT2D eigenvalue weighted by molar-refractivity contribution is 0.459. The van der Waals surface area contributed by atoms with Crippen molar-refractivity contribution in [3.63, 3.8) is 0 Å². The van der Waals surface area contributed by atoms with Gasteiger partial charge in [0, 0.05) is 23.0 Å². The average molecular weight is 401 g/mol. The lowest BCUT2D eigenvalue weighted by Crippen LogP contribution is -2.11. The van der Waals surface area contributed by atoms with E-state index in [0.29, 0.717) is 0 Å². The molecule has 0 saturated heterocycles. The molecule has 0 saturated carbocycles. The van der Waals surface area contributed by atoms with Crippen LogP contribution in [-0.2, 0) is 15.6 Å². The predicted octanol–water partition coefficient (Wildman–Crippen LogP) is 4.00. The fourth-order valence-electron chi connectivity index (χ4n) is 2.36. The zero-order valence-corrected chi connectivity index (χ0v) is 14.9. The quantitative estimate of drug-likeness (QED) is 0.718. The Morgan fingerprint density at radius 3 is 2.64 bits per heavy atom. The molecular weight excluding hydrogens is 390 g/mol. The second-order valence-electron chi connectivity index (χ2n) is 5.18. The number of aromatic hydroxyl groups is 1. The molecule has 0 atom stereocenters. The van der Waals surface area contributed by atoms with Crippen LogP contribution in [0.2, 0.25) is 10.0 Å². The molecule has 0 spiro atoms. The summed E-state index contributed by atoms with van der Waals surface area (Å²) in [6.45, 7) is 0. The molecule has 9 heteroatoms. The minimum atomic E-state index is -4.13. The number of benzene rings is 2. The van der Waals surface area contributed by atoms with Crippen molar-refractivity contribution in [1.29, 1.82) is 0 Å². The third-order valence-electron chi connectivity index (χ3n) is 3.51. The van der Waals surface area contributed by atoms with E-state index in [4.69, 9.17) is 23.2 Å². The molecule has 1 aromatic heterocycles. The lowest BCUT2D eigenvalue weighted by atomic mass is 10.2. The molecule has 0 bridgehead atoms. The summed E-state index contributed by atoms with van der Waals surface area (Å²) >= 11 is 11.6. The van der Waals surface area contributed by atoms with Crippen LogP contribution >= 0.6 is 23.2 Å². The Morgan fingerprint density at radius 2 is 1.96 bits per heavy atom. The zero-order valence-electron chi connectivity index (χ0n) is 12.5. The Hall–Kier alpha value is -2.09. The Bertz CT molecular complexity index is 1040. The summed E-state index contributed by atoms with van der Waals surface area (Å²) in [7, 11) is -4.13. The SMILES string of the molecule is O=S(=O)(Cc1c(F)cccc1-n1cccn1)c1cc(Cl)cc(Cl)c1O. The second-order valence-corrected chi connectivity index (χ2v) is 7.98. The van der Waals surface area contributed by atoms with Crippen molar-refractivity contribution in [2.75, 3.05) is 0 Å². The van der Waals surface area contributed by atoms with Crippen LogP contribution in [0.3, 0.4) is 0 Å². The smallest absolute Gasteiger partial charge is 0.186 e. The lowest BCUT2D eigenvalue weighted by Gasteiger charge is -2.13. The van der Waals surface area contributed by atoms with Crippen LogP contribution in [0.15, 0.2) is 53.7 Å². The number of sulfone groups is 1. The van der Waals surface area contributed by atoms with Crippen molar-refractivity contribution in [2.45, 2.75) is 10.6 Å². The molecule has 25 heavy (non-hydrogen) atoms. The second kappa shape index (κ2) is 6.67. The topological polar surface area (TPSA) is 72.2 Å². The molecule has 1 N–H and O–H groups in total. The normalized spacial score (nSPS) is 11.6. The van der Waals surface area contributed by atoms with Crippen molar-refractivity contribution in [3.8, 4) is 11.4 Å². The summed E-state index contributed by atoms with van der Waals surface area (Å²) in [5, 5.41) is 13.8. The predicted molar refractivity (Wildman–Crippen MR) is 92.5 cm³/mol. The standard InChI is InChI=1S/C16H11Cl2FN2O3S/c17-10-7-12(18)16(22)15(8-10)25(23,24)9-11-13(19)3-1-4-14(11)21-6-2-5-20-21/h1-8,22H,9H2. The van der Waals surface area contributed by atoms with Crippen LogP contribution < -0.4 is 0 Å². The fraction of sp³-hybridized carbons (Fsp3) is 0.0625. The summed E-state index contributed by atoms with van der Waals surface area (Å²) in [6, 6.07) is 8.08. The summed E-state index contributed by atoms with van der Waals surface area (Å²) in [5.41, 5.74) is 0.197. The molecule has 0 aliphatic rings. The number of phenols is 1. The van der Waals surface area contributed by atoms with Gasteiger partial charge in [-0.05, 0) is 30.3 Å². The summed E-state index contributed by atoms with van der Waals surface area (Å²) in [6.07, 6.45) is 3.06. The van der Waals surface area contributed by atoms with E-state index in [-0.39, 0.29) is 21.3 Å². The number of aromatic nitrogens is 2. The highest BCUT2D eigenvalue weighted by Crippen LogP contribution is 2.36. The highest BCUT2D eigenvalue weighted by Gasteiger charge is 2.25. The van der Waals surface area contributed by atoms with Gasteiger partial charge in [0.25, 0.3) is 0 Å². The first-order chi connectivity index (χ1) is 11.8. The van der Waals surface area contributed by atoms with Crippen molar-refractivity contribution in [3.05, 3.63) is 70.2 Å². The van der Waals surface area contributed by atoms with Gasteiger partial charge in [-0.2, -0.15) is 5.10 Å². The van der Waals surface area contributed by atoms with E-state index >= 15 is 0 Å². The van der Waals surface area contributed by atoms with Crippen molar-refractivity contribution in [1.82, 2.24) is 9.78 Å². The summed E-state index contributed by atoms with van der Waals surface area (Å²) in [4.78, 5) is -0.459. The molecule has 3 aromatic rings. The Balaban J connectivity index is 2.12. The molecule has 130 valence electrons. The van der Waals surface area contributed by atoms with Crippen LogP contribution in [-0.4, -0.2) is 23.3 Å². The minimum Gasteiger partial charge on any atom is -0.505 e. The monoisotopic (exact) mass is 400 g/mol. The van der Waals surface area contributed by atoms with Gasteiger partial charge >= 0.3 is 0 Å². The van der Waals surface area contributed by atoms with Gasteiger partial charge in [0.05, 0.1) is 16.5 Å². The number of nitrogens with zero attached hydrogens (tertiary/aromatic N) is 2. The summed E-state index contributed by atoms with van der Waals surface area (Å²) < 4.78 is 41.1. The van der Waals surface area contributed by atoms with E-state index in [1.807, 2.05) is 0 Å². The van der Waals surface area contributed by atoms with Gasteiger partial charge in [0.15, 0.2) is 15.6 Å². The molecule has 3 rings (SSSR count). The Morgan fingerprint density at radius 1 is 1.20 bits per heavy atom. The highest BCUT2D eigenvalue weighted by atomic mass is 35.5. The van der Waals surface area contributed by atoms with Gasteiger partial charge in [-0.1, -0.05) is 29.3 Å². The van der Waals surface area contributed by atoms with Gasteiger partial charge in [0.1, 0.15) is 10.7 Å². The van der Waals surface area contributed by atoms with Crippen LogP contribution in [0, 0.1) is 5.82 Å². The number of hydrogen-bond acceptors (Lipinski definition) is 4. The largest absolute Gasteiger partial charge is 0.505 e. The van der Waals surface area contributed by atoms with E-state index < -0.39 is 32.1 Å². The van der Waals surface area contributed by atoms with Crippen LogP contribution in [0.25, 0.3) is 5.69 Å². The molecular formula is C16H11Cl2FN2O3S. The summed E-state index contributed by atoms with van der Waals surface area (Å²) in [5.74, 6) is -2.02. The van der Waals surface area contributed by atoms with E-state index in [1.54, 1.807) is 18.3 Å². The van der Waals surface area contributed by atoms with Crippen LogP contribution in [0.5, 0.6) is 5.75 Å². The minimum absolute atomic E-state index is 0.0437. The fourth-order valence-corrected chi connectivity index (χ4v) is 4.51. The molecule has 0 amide bonds. The van der Waals surface area contributed by atoms with Crippen molar-refractivity contribution >= 4 is 33.0 Å². The third kappa shape index (κ3) is 3.49. The van der Waals surface area contributed by atoms with Crippen LogP contribution in [0.1, 0.15) is 5.56 Å². The van der Waals surface area contributed by atoms with Crippen molar-refractivity contribution in [2.24, 2.45) is 0 Å². The first-order valence-corrected chi connectivity index (χ1v) is 9.38. The van der Waals surface area contributed by atoms with Gasteiger partial charge in [-0.15, -0.1) is 0 Å². The van der Waals surface area contributed by atoms with E-state index in [0.717, 1.165) is 12.1 Å². The Labute approximate surface area is 153 Å². The van der Waals surface area contributed by atoms with Gasteiger partial charge in [-0.25, -0.2) is 17.5 Å². The number of halogens is 3. The van der Waals surface area contributed by atoms with E-state index in [1.165, 1.54) is 23.0 Å². The number of phenolic OH excluding ortho intramolecular Hbond substituents is 1. The molecule has 0 aliphatic carbocycles. The molecule has 5 nitrogen and oxygen atoms in total. The molecule has 0 radical (unpaired) electrons. The maximum Gasteiger partial charge on any atom is 0.186 e. The van der Waals surface area contributed by atoms with Gasteiger partial charge in [0.2, 0.25) is 0 Å². The molecule has 0 aliphatic heterocycles. The third-order valence-corrected chi connectivity index (χ3v) is 5.66. The highest BCUT2D eigenvalue weighted by molar-refractivity contribution is 7.90. The maximum atomic E-state index is 14.3.